The van der Waals surface area contributed by atoms with Crippen LogP contribution in [0.1, 0.15) is 40.0 Å². The van der Waals surface area contributed by atoms with Crippen LogP contribution in [-0.4, -0.2) is 38.5 Å². The van der Waals surface area contributed by atoms with Crippen molar-refractivity contribution in [3.63, 3.8) is 0 Å². The van der Waals surface area contributed by atoms with Gasteiger partial charge in [0.2, 0.25) is 0 Å². The Labute approximate surface area is 105 Å². The molecule has 1 heterocycles. The first-order valence-corrected chi connectivity index (χ1v) is 7.13. The summed E-state index contributed by atoms with van der Waals surface area (Å²) >= 11 is 0. The molecule has 0 radical (unpaired) electrons. The van der Waals surface area contributed by atoms with Gasteiger partial charge in [0, 0.05) is 31.2 Å². The van der Waals surface area contributed by atoms with Crippen LogP contribution < -0.4 is 5.32 Å². The topological polar surface area (TPSA) is 30.5 Å². The molecule has 3 heteroatoms. The normalized spacial score (nSPS) is 41.5. The molecular formula is C14H27NO2. The summed E-state index contributed by atoms with van der Waals surface area (Å²) < 4.78 is 11.2. The van der Waals surface area contributed by atoms with Crippen molar-refractivity contribution < 1.29 is 9.47 Å². The molecule has 0 spiro atoms. The molecule has 2 fully saturated rings. The summed E-state index contributed by atoms with van der Waals surface area (Å²) in [5, 5.41) is 3.73. The van der Waals surface area contributed by atoms with Crippen molar-refractivity contribution in [1.82, 2.24) is 5.32 Å². The van der Waals surface area contributed by atoms with Crippen LogP contribution >= 0.6 is 0 Å². The third-order valence-corrected chi connectivity index (χ3v) is 4.79. The van der Waals surface area contributed by atoms with Crippen molar-refractivity contribution in [2.75, 3.05) is 26.4 Å². The van der Waals surface area contributed by atoms with Crippen LogP contribution in [0.25, 0.3) is 0 Å². The number of hydrogen-bond acceptors (Lipinski definition) is 3. The second kappa shape index (κ2) is 5.68. The lowest BCUT2D eigenvalue weighted by atomic mass is 9.61. The second-order valence-electron chi connectivity index (χ2n) is 5.73. The van der Waals surface area contributed by atoms with E-state index in [0.717, 1.165) is 32.3 Å². The Morgan fingerprint density at radius 2 is 2.24 bits per heavy atom. The van der Waals surface area contributed by atoms with Crippen LogP contribution in [0.4, 0.5) is 0 Å². The first-order chi connectivity index (χ1) is 8.20. The molecule has 0 bridgehead atoms. The summed E-state index contributed by atoms with van der Waals surface area (Å²) in [7, 11) is 0. The molecule has 4 atom stereocenters. The summed E-state index contributed by atoms with van der Waals surface area (Å²) in [6, 6.07) is 0.629. The lowest BCUT2D eigenvalue weighted by Gasteiger charge is -2.54. The summed E-state index contributed by atoms with van der Waals surface area (Å²) in [6.07, 6.45) is 4.04. The van der Waals surface area contributed by atoms with Gasteiger partial charge in [0.05, 0.1) is 12.7 Å². The van der Waals surface area contributed by atoms with Gasteiger partial charge in [-0.1, -0.05) is 13.8 Å². The maximum absolute atomic E-state index is 5.82. The van der Waals surface area contributed by atoms with E-state index < -0.39 is 0 Å². The van der Waals surface area contributed by atoms with Crippen molar-refractivity contribution in [3.05, 3.63) is 0 Å². The van der Waals surface area contributed by atoms with Gasteiger partial charge in [0.25, 0.3) is 0 Å². The lowest BCUT2D eigenvalue weighted by molar-refractivity contribution is -0.126. The van der Waals surface area contributed by atoms with Crippen LogP contribution in [0.5, 0.6) is 0 Å². The van der Waals surface area contributed by atoms with Crippen LogP contribution in [0.15, 0.2) is 0 Å². The van der Waals surface area contributed by atoms with Gasteiger partial charge in [0.15, 0.2) is 0 Å². The molecule has 1 aliphatic carbocycles. The van der Waals surface area contributed by atoms with Crippen molar-refractivity contribution in [2.24, 2.45) is 11.3 Å². The van der Waals surface area contributed by atoms with E-state index in [1.54, 1.807) is 0 Å². The average Bonchev–Trinajstić information content (AvgIpc) is 2.84. The molecule has 100 valence electrons. The summed E-state index contributed by atoms with van der Waals surface area (Å²) in [6.45, 7) is 10.6. The number of nitrogens with one attached hydrogen (secondary N) is 1. The van der Waals surface area contributed by atoms with E-state index in [-0.39, 0.29) is 0 Å². The molecule has 1 saturated heterocycles. The van der Waals surface area contributed by atoms with Gasteiger partial charge >= 0.3 is 0 Å². The minimum Gasteiger partial charge on any atom is -0.381 e. The molecule has 0 aromatic rings. The molecule has 0 aromatic carbocycles. The maximum atomic E-state index is 5.82. The van der Waals surface area contributed by atoms with Crippen molar-refractivity contribution >= 4 is 0 Å². The van der Waals surface area contributed by atoms with Gasteiger partial charge in [-0.2, -0.15) is 0 Å². The summed E-state index contributed by atoms with van der Waals surface area (Å²) in [5.41, 5.74) is 0.329. The Balaban J connectivity index is 1.77. The minimum atomic E-state index is 0.329. The Morgan fingerprint density at radius 3 is 2.82 bits per heavy atom. The Hall–Kier alpha value is -0.120. The van der Waals surface area contributed by atoms with Gasteiger partial charge in [0.1, 0.15) is 0 Å². The molecule has 1 N–H and O–H groups in total. The summed E-state index contributed by atoms with van der Waals surface area (Å²) in [5.74, 6) is 0.724. The van der Waals surface area contributed by atoms with E-state index in [1.807, 2.05) is 0 Å². The number of ether oxygens (including phenoxy) is 2. The first-order valence-electron chi connectivity index (χ1n) is 7.13. The quantitative estimate of drug-likeness (QED) is 0.773. The van der Waals surface area contributed by atoms with E-state index in [9.17, 15) is 0 Å². The Morgan fingerprint density at radius 1 is 1.41 bits per heavy atom. The van der Waals surface area contributed by atoms with E-state index in [0.29, 0.717) is 17.6 Å². The maximum Gasteiger partial charge on any atom is 0.0658 e. The molecule has 2 rings (SSSR count). The van der Waals surface area contributed by atoms with Crippen LogP contribution in [0, 0.1) is 11.3 Å². The van der Waals surface area contributed by atoms with Crippen molar-refractivity contribution in [2.45, 2.75) is 52.2 Å². The fraction of sp³-hybridized carbons (Fsp3) is 1.00. The monoisotopic (exact) mass is 241 g/mol. The van der Waals surface area contributed by atoms with Crippen LogP contribution in [-0.2, 0) is 9.47 Å². The Bertz CT molecular complexity index is 240. The predicted octanol–water partition coefficient (Wildman–Crippen LogP) is 2.21. The Kier molecular flexibility index (Phi) is 4.45. The van der Waals surface area contributed by atoms with E-state index in [4.69, 9.17) is 9.47 Å². The van der Waals surface area contributed by atoms with Gasteiger partial charge in [-0.25, -0.2) is 0 Å². The molecule has 4 unspecified atom stereocenters. The van der Waals surface area contributed by atoms with Crippen LogP contribution in [0.2, 0.25) is 0 Å². The highest BCUT2D eigenvalue weighted by Gasteiger charge is 2.50. The molecule has 0 amide bonds. The highest BCUT2D eigenvalue weighted by molar-refractivity contribution is 5.04. The zero-order valence-electron chi connectivity index (χ0n) is 11.5. The largest absolute Gasteiger partial charge is 0.381 e. The van der Waals surface area contributed by atoms with Crippen LogP contribution in [0.3, 0.4) is 0 Å². The van der Waals surface area contributed by atoms with E-state index in [1.165, 1.54) is 19.3 Å². The van der Waals surface area contributed by atoms with E-state index >= 15 is 0 Å². The third kappa shape index (κ3) is 2.67. The number of rotatable bonds is 6. The molecule has 1 aliphatic heterocycles. The van der Waals surface area contributed by atoms with Crippen molar-refractivity contribution in [3.8, 4) is 0 Å². The van der Waals surface area contributed by atoms with E-state index in [2.05, 4.69) is 26.1 Å². The SMILES string of the molecule is CCOC1CC(NCC2CCOC2)C1(C)CC. The number of hydrogen-bond donors (Lipinski definition) is 1. The molecular weight excluding hydrogens is 214 g/mol. The fourth-order valence-corrected chi connectivity index (χ4v) is 3.12. The lowest BCUT2D eigenvalue weighted by Crippen LogP contribution is -2.62. The van der Waals surface area contributed by atoms with Gasteiger partial charge in [-0.3, -0.25) is 0 Å². The molecule has 2 aliphatic rings. The summed E-state index contributed by atoms with van der Waals surface area (Å²) in [4.78, 5) is 0. The molecule has 3 nitrogen and oxygen atoms in total. The molecule has 1 saturated carbocycles. The average molecular weight is 241 g/mol. The molecule has 0 aromatic heterocycles. The first kappa shape index (κ1) is 13.3. The molecule has 17 heavy (non-hydrogen) atoms. The van der Waals surface area contributed by atoms with Gasteiger partial charge in [-0.05, 0) is 32.1 Å². The second-order valence-corrected chi connectivity index (χ2v) is 5.73. The minimum absolute atomic E-state index is 0.329. The van der Waals surface area contributed by atoms with Gasteiger partial charge < -0.3 is 14.8 Å². The highest BCUT2D eigenvalue weighted by Crippen LogP contribution is 2.45. The standard InChI is InChI=1S/C14H27NO2/c1-4-14(3)12(8-13(14)17-5-2)15-9-11-6-7-16-10-11/h11-13,15H,4-10H2,1-3H3. The smallest absolute Gasteiger partial charge is 0.0658 e. The zero-order chi connectivity index (χ0) is 12.3. The van der Waals surface area contributed by atoms with Crippen molar-refractivity contribution in [1.29, 1.82) is 0 Å². The van der Waals surface area contributed by atoms with Gasteiger partial charge in [-0.15, -0.1) is 0 Å². The zero-order valence-corrected chi connectivity index (χ0v) is 11.5. The predicted molar refractivity (Wildman–Crippen MR) is 69.1 cm³/mol. The fourth-order valence-electron chi connectivity index (χ4n) is 3.12. The third-order valence-electron chi connectivity index (χ3n) is 4.79. The highest BCUT2D eigenvalue weighted by atomic mass is 16.5.